The average molecular weight is 422 g/mol. The summed E-state index contributed by atoms with van der Waals surface area (Å²) in [5.41, 5.74) is -0.873. The smallest absolute Gasteiger partial charge is 0.290 e. The van der Waals surface area contributed by atoms with Gasteiger partial charge in [0.05, 0.1) is 17.6 Å². The first-order valence-electron chi connectivity index (χ1n) is 9.91. The van der Waals surface area contributed by atoms with E-state index in [2.05, 4.69) is 5.32 Å². The van der Waals surface area contributed by atoms with Crippen LogP contribution in [-0.2, 0) is 25.5 Å². The maximum Gasteiger partial charge on any atom is 0.290 e. The molecule has 2 amide bonds. The number of hydrogen-bond acceptors (Lipinski definition) is 6. The fraction of sp³-hybridized carbons (Fsp3) is 0.571. The van der Waals surface area contributed by atoms with E-state index in [0.29, 0.717) is 44.5 Å². The van der Waals surface area contributed by atoms with E-state index in [1.54, 1.807) is 29.2 Å². The van der Waals surface area contributed by atoms with Gasteiger partial charge in [-0.1, -0.05) is 18.2 Å². The molecule has 3 rings (SSSR count). The molecule has 2 fully saturated rings. The molecule has 9 heteroatoms. The third kappa shape index (κ3) is 5.28. The van der Waals surface area contributed by atoms with Crippen LogP contribution in [0.25, 0.3) is 0 Å². The summed E-state index contributed by atoms with van der Waals surface area (Å²) < 4.78 is 5.98. The third-order valence-corrected chi connectivity index (χ3v) is 5.87. The molecule has 166 valence electrons. The summed E-state index contributed by atoms with van der Waals surface area (Å²) in [5.74, 6) is -0.110. The normalized spacial score (nSPS) is 25.0. The van der Waals surface area contributed by atoms with Crippen molar-refractivity contribution < 1.29 is 34.4 Å². The van der Waals surface area contributed by atoms with Crippen molar-refractivity contribution in [3.8, 4) is 5.75 Å². The highest BCUT2D eigenvalue weighted by molar-refractivity contribution is 5.79. The Balaban J connectivity index is 0.00000101. The second-order valence-electron chi connectivity index (χ2n) is 7.96. The van der Waals surface area contributed by atoms with Crippen molar-refractivity contribution >= 4 is 18.3 Å². The maximum atomic E-state index is 12.6. The number of nitrogens with zero attached hydrogens (tertiary/aromatic N) is 1. The van der Waals surface area contributed by atoms with Gasteiger partial charge >= 0.3 is 0 Å². The van der Waals surface area contributed by atoms with E-state index >= 15 is 0 Å². The van der Waals surface area contributed by atoms with Crippen molar-refractivity contribution in [2.45, 2.75) is 56.8 Å². The number of carbonyl (C=O) groups is 3. The molecule has 0 saturated carbocycles. The molecule has 0 unspecified atom stereocenters. The first-order valence-corrected chi connectivity index (χ1v) is 9.91. The Labute approximate surface area is 175 Å². The van der Waals surface area contributed by atoms with E-state index in [0.717, 1.165) is 0 Å². The van der Waals surface area contributed by atoms with Crippen LogP contribution in [-0.4, -0.2) is 75.4 Å². The van der Waals surface area contributed by atoms with E-state index in [1.165, 1.54) is 6.92 Å². The van der Waals surface area contributed by atoms with E-state index in [4.69, 9.17) is 14.6 Å². The van der Waals surface area contributed by atoms with Gasteiger partial charge in [0.2, 0.25) is 11.8 Å². The lowest BCUT2D eigenvalue weighted by Gasteiger charge is -2.53. The molecule has 4 N–H and O–H groups in total. The van der Waals surface area contributed by atoms with Crippen molar-refractivity contribution in [2.75, 3.05) is 19.7 Å². The number of carbonyl (C=O) groups excluding carboxylic acids is 2. The largest absolute Gasteiger partial charge is 0.508 e. The number of aliphatic hydroxyl groups is 1. The summed E-state index contributed by atoms with van der Waals surface area (Å²) in [4.78, 5) is 34.2. The zero-order chi connectivity index (χ0) is 22.4. The lowest BCUT2D eigenvalue weighted by molar-refractivity contribution is -0.207. The minimum Gasteiger partial charge on any atom is -0.508 e. The van der Waals surface area contributed by atoms with E-state index < -0.39 is 17.2 Å². The molecule has 2 aliphatic rings. The number of phenols is 1. The van der Waals surface area contributed by atoms with Gasteiger partial charge in [-0.2, -0.15) is 0 Å². The van der Waals surface area contributed by atoms with Crippen molar-refractivity contribution in [1.29, 1.82) is 0 Å². The third-order valence-electron chi connectivity index (χ3n) is 5.87. The molecule has 30 heavy (non-hydrogen) atoms. The topological polar surface area (TPSA) is 136 Å². The summed E-state index contributed by atoms with van der Waals surface area (Å²) in [6, 6.07) is 6.83. The molecule has 2 saturated heterocycles. The van der Waals surface area contributed by atoms with E-state index in [1.807, 2.05) is 6.92 Å². The van der Waals surface area contributed by atoms with Crippen LogP contribution in [0, 0.1) is 0 Å². The van der Waals surface area contributed by atoms with Gasteiger partial charge in [-0.05, 0) is 32.3 Å². The standard InChI is InChI=1S/C20H28N2O5.CH2O2/c1-14(23)21-19(2)9-12-27-20(18(19)26)7-10-22(11-8-20)17(25)13-15-5-3-4-6-16(15)24;2-1-3/h3-6,18,24,26H,7-13H2,1-2H3,(H,21,23);1H,(H,2,3)/t18-,19+;/m1./s1. The minimum atomic E-state index is -0.835. The van der Waals surface area contributed by atoms with E-state index in [-0.39, 0.29) is 30.5 Å². The Morgan fingerprint density at radius 1 is 1.27 bits per heavy atom. The predicted molar refractivity (Wildman–Crippen MR) is 108 cm³/mol. The van der Waals surface area contributed by atoms with Crippen LogP contribution in [0.4, 0.5) is 0 Å². The monoisotopic (exact) mass is 422 g/mol. The summed E-state index contributed by atoms with van der Waals surface area (Å²) in [5, 5.41) is 30.6. The van der Waals surface area contributed by atoms with Gasteiger partial charge in [-0.15, -0.1) is 0 Å². The van der Waals surface area contributed by atoms with E-state index in [9.17, 15) is 19.8 Å². The Morgan fingerprint density at radius 2 is 1.87 bits per heavy atom. The number of amides is 2. The second-order valence-corrected chi connectivity index (χ2v) is 7.96. The molecule has 2 aliphatic heterocycles. The molecule has 1 aromatic rings. The van der Waals surface area contributed by atoms with Crippen molar-refractivity contribution in [2.24, 2.45) is 0 Å². The number of piperidine rings is 1. The molecule has 1 aromatic carbocycles. The van der Waals surface area contributed by atoms with Gasteiger partial charge in [0, 0.05) is 32.2 Å². The predicted octanol–water partition coefficient (Wildman–Crippen LogP) is 0.673. The summed E-state index contributed by atoms with van der Waals surface area (Å²) in [6.07, 6.45) is 0.877. The number of hydrogen-bond donors (Lipinski definition) is 4. The minimum absolute atomic E-state index is 0.0544. The molecule has 9 nitrogen and oxygen atoms in total. The highest BCUT2D eigenvalue weighted by atomic mass is 16.5. The number of aromatic hydroxyl groups is 1. The maximum absolute atomic E-state index is 12.6. The number of likely N-dealkylation sites (tertiary alicyclic amines) is 1. The van der Waals surface area contributed by atoms with Crippen LogP contribution in [0.15, 0.2) is 24.3 Å². The number of benzene rings is 1. The molecule has 2 atom stereocenters. The van der Waals surface area contributed by atoms with Crippen LogP contribution in [0.1, 0.15) is 38.7 Å². The van der Waals surface area contributed by atoms with Crippen LogP contribution in [0.3, 0.4) is 0 Å². The molecule has 0 radical (unpaired) electrons. The lowest BCUT2D eigenvalue weighted by Crippen LogP contribution is -2.69. The molecule has 2 heterocycles. The van der Waals surface area contributed by atoms with Gasteiger partial charge in [0.25, 0.3) is 6.47 Å². The molecule has 1 spiro atoms. The van der Waals surface area contributed by atoms with Gasteiger partial charge < -0.3 is 30.3 Å². The van der Waals surface area contributed by atoms with Crippen molar-refractivity contribution in [3.05, 3.63) is 29.8 Å². The Kier molecular flexibility index (Phi) is 7.80. The average Bonchev–Trinajstić information content (AvgIpc) is 2.69. The van der Waals surface area contributed by atoms with Gasteiger partial charge in [0.1, 0.15) is 11.9 Å². The van der Waals surface area contributed by atoms with Gasteiger partial charge in [-0.25, -0.2) is 0 Å². The number of carboxylic acid groups (broad SMARTS) is 1. The second kappa shape index (κ2) is 9.90. The zero-order valence-electron chi connectivity index (χ0n) is 17.3. The summed E-state index contributed by atoms with van der Waals surface area (Å²) >= 11 is 0. The number of aliphatic hydroxyl groups excluding tert-OH is 1. The van der Waals surface area contributed by atoms with Gasteiger partial charge in [0.15, 0.2) is 0 Å². The zero-order valence-corrected chi connectivity index (χ0v) is 17.3. The number of nitrogens with one attached hydrogen (secondary N) is 1. The molecule has 0 aromatic heterocycles. The highest BCUT2D eigenvalue weighted by Crippen LogP contribution is 2.40. The lowest BCUT2D eigenvalue weighted by atomic mass is 9.73. The molecular formula is C21H30N2O7. The van der Waals surface area contributed by atoms with Crippen LogP contribution in [0.2, 0.25) is 0 Å². The molecule has 0 aliphatic carbocycles. The van der Waals surface area contributed by atoms with Crippen molar-refractivity contribution in [3.63, 3.8) is 0 Å². The first-order chi connectivity index (χ1) is 14.2. The number of phenolic OH excluding ortho intramolecular Hbond substituents is 1. The first kappa shape index (κ1) is 23.6. The summed E-state index contributed by atoms with van der Waals surface area (Å²) in [6.45, 7) is 4.44. The summed E-state index contributed by atoms with van der Waals surface area (Å²) in [7, 11) is 0. The van der Waals surface area contributed by atoms with Crippen LogP contribution >= 0.6 is 0 Å². The molecular weight excluding hydrogens is 392 g/mol. The Morgan fingerprint density at radius 3 is 2.43 bits per heavy atom. The SMILES string of the molecule is CC(=O)N[C@@]1(C)CCOC2(CCN(C(=O)Cc3ccccc3O)CC2)[C@@H]1O.O=CO. The highest BCUT2D eigenvalue weighted by Gasteiger charge is 2.53. The van der Waals surface area contributed by atoms with Gasteiger partial charge in [-0.3, -0.25) is 14.4 Å². The number of rotatable bonds is 3. The fourth-order valence-electron chi connectivity index (χ4n) is 4.28. The number of para-hydroxylation sites is 1. The quantitative estimate of drug-likeness (QED) is 0.526. The molecule has 0 bridgehead atoms. The van der Waals surface area contributed by atoms with Crippen molar-refractivity contribution in [1.82, 2.24) is 10.2 Å². The van der Waals surface area contributed by atoms with Crippen LogP contribution in [0.5, 0.6) is 5.75 Å². The number of ether oxygens (including phenoxy) is 1. The van der Waals surface area contributed by atoms with Crippen LogP contribution < -0.4 is 5.32 Å². The Hall–Kier alpha value is -2.65. The Bertz CT molecular complexity index is 761. The fourth-order valence-corrected chi connectivity index (χ4v) is 4.28.